The first-order chi connectivity index (χ1) is 8.27. The monoisotopic (exact) mass is 240 g/mol. The number of nitrogens with zero attached hydrogens (tertiary/aromatic N) is 1. The van der Waals surface area contributed by atoms with Crippen LogP contribution >= 0.6 is 0 Å². The van der Waals surface area contributed by atoms with Crippen LogP contribution in [0.15, 0.2) is 0 Å². The molecule has 2 heterocycles. The van der Waals surface area contributed by atoms with Gasteiger partial charge in [-0.15, -0.1) is 0 Å². The molecule has 2 saturated heterocycles. The fraction of sp³-hybridized carbons (Fsp3) is 0.818. The quantitative estimate of drug-likeness (QED) is 0.549. The molecular formula is C11H20N4O2. The third-order valence-electron chi connectivity index (χ3n) is 3.26. The summed E-state index contributed by atoms with van der Waals surface area (Å²) in [7, 11) is 0. The number of amides is 2. The van der Waals surface area contributed by atoms with Crippen LogP contribution in [0.2, 0.25) is 0 Å². The fourth-order valence-electron chi connectivity index (χ4n) is 2.22. The molecule has 2 fully saturated rings. The van der Waals surface area contributed by atoms with E-state index in [9.17, 15) is 9.59 Å². The summed E-state index contributed by atoms with van der Waals surface area (Å²) in [6.07, 6.45) is 1.90. The maximum Gasteiger partial charge on any atom is 0.242 e. The maximum absolute atomic E-state index is 11.8. The van der Waals surface area contributed by atoms with Crippen molar-refractivity contribution in [2.45, 2.75) is 18.9 Å². The van der Waals surface area contributed by atoms with E-state index in [-0.39, 0.29) is 24.4 Å². The summed E-state index contributed by atoms with van der Waals surface area (Å²) in [4.78, 5) is 25.2. The first-order valence-electron chi connectivity index (χ1n) is 6.27. The molecule has 1 unspecified atom stereocenters. The summed E-state index contributed by atoms with van der Waals surface area (Å²) >= 11 is 0. The van der Waals surface area contributed by atoms with Crippen LogP contribution in [0, 0.1) is 0 Å². The largest absolute Gasteiger partial charge is 0.346 e. The van der Waals surface area contributed by atoms with Crippen LogP contribution < -0.4 is 16.0 Å². The second-order valence-electron chi connectivity index (χ2n) is 4.50. The Morgan fingerprint density at radius 2 is 2.00 bits per heavy atom. The fourth-order valence-corrected chi connectivity index (χ4v) is 2.22. The van der Waals surface area contributed by atoms with Crippen molar-refractivity contribution in [1.82, 2.24) is 20.9 Å². The first-order valence-corrected chi connectivity index (χ1v) is 6.27. The molecule has 1 atom stereocenters. The lowest BCUT2D eigenvalue weighted by Gasteiger charge is -2.27. The average molecular weight is 240 g/mol. The summed E-state index contributed by atoms with van der Waals surface area (Å²) in [5.74, 6) is -0.0381. The number of hydrogen-bond acceptors (Lipinski definition) is 4. The Kier molecular flexibility index (Phi) is 4.33. The van der Waals surface area contributed by atoms with Crippen LogP contribution in [-0.4, -0.2) is 62.0 Å². The lowest BCUT2D eigenvalue weighted by atomic mass is 10.2. The van der Waals surface area contributed by atoms with Crippen molar-refractivity contribution >= 4 is 11.8 Å². The van der Waals surface area contributed by atoms with Crippen LogP contribution in [0.25, 0.3) is 0 Å². The normalized spacial score (nSPS) is 24.7. The van der Waals surface area contributed by atoms with Gasteiger partial charge in [0.25, 0.3) is 0 Å². The van der Waals surface area contributed by atoms with Crippen molar-refractivity contribution in [3.8, 4) is 0 Å². The van der Waals surface area contributed by atoms with Crippen LogP contribution in [0.5, 0.6) is 0 Å². The van der Waals surface area contributed by atoms with Crippen molar-refractivity contribution in [2.75, 3.05) is 39.3 Å². The smallest absolute Gasteiger partial charge is 0.242 e. The van der Waals surface area contributed by atoms with E-state index in [1.807, 2.05) is 0 Å². The van der Waals surface area contributed by atoms with Crippen molar-refractivity contribution < 1.29 is 9.59 Å². The van der Waals surface area contributed by atoms with Gasteiger partial charge >= 0.3 is 0 Å². The Bertz CT molecular complexity index is 283. The Hall–Kier alpha value is -1.14. The minimum Gasteiger partial charge on any atom is -0.346 e. The molecule has 96 valence electrons. The molecule has 0 bridgehead atoms. The van der Waals surface area contributed by atoms with E-state index in [2.05, 4.69) is 16.0 Å². The SMILES string of the molecule is O=C(NCC(=O)N1CCNCC1)C1CCCN1. The average Bonchev–Trinajstić information content (AvgIpc) is 2.90. The molecule has 2 aliphatic heterocycles. The molecule has 17 heavy (non-hydrogen) atoms. The maximum atomic E-state index is 11.8. The topological polar surface area (TPSA) is 73.5 Å². The molecule has 0 spiro atoms. The molecule has 0 aromatic heterocycles. The van der Waals surface area contributed by atoms with Gasteiger partial charge in [0, 0.05) is 26.2 Å². The summed E-state index contributed by atoms with van der Waals surface area (Å²) < 4.78 is 0. The summed E-state index contributed by atoms with van der Waals surface area (Å²) in [6.45, 7) is 4.15. The van der Waals surface area contributed by atoms with Gasteiger partial charge in [0.05, 0.1) is 12.6 Å². The van der Waals surface area contributed by atoms with E-state index in [0.29, 0.717) is 0 Å². The first kappa shape index (κ1) is 12.3. The second-order valence-corrected chi connectivity index (χ2v) is 4.50. The molecule has 0 aliphatic carbocycles. The van der Waals surface area contributed by atoms with E-state index < -0.39 is 0 Å². The number of piperazine rings is 1. The molecule has 6 heteroatoms. The Labute approximate surface area is 101 Å². The Morgan fingerprint density at radius 3 is 2.65 bits per heavy atom. The predicted octanol–water partition coefficient (Wildman–Crippen LogP) is -1.71. The Balaban J connectivity index is 1.69. The summed E-state index contributed by atoms with van der Waals surface area (Å²) in [6, 6.07) is -0.106. The minimum absolute atomic E-state index is 0.0119. The Morgan fingerprint density at radius 1 is 1.24 bits per heavy atom. The molecule has 0 aromatic rings. The number of hydrogen-bond donors (Lipinski definition) is 3. The zero-order valence-corrected chi connectivity index (χ0v) is 10.00. The van der Waals surface area contributed by atoms with Crippen LogP contribution in [0.3, 0.4) is 0 Å². The standard InChI is InChI=1S/C11H20N4O2/c16-10(15-6-4-12-5-7-15)8-14-11(17)9-2-1-3-13-9/h9,12-13H,1-8H2,(H,14,17). The van der Waals surface area contributed by atoms with Gasteiger partial charge in [-0.2, -0.15) is 0 Å². The van der Waals surface area contributed by atoms with Gasteiger partial charge in [0.15, 0.2) is 0 Å². The van der Waals surface area contributed by atoms with Gasteiger partial charge in [-0.3, -0.25) is 9.59 Å². The summed E-state index contributed by atoms with van der Waals surface area (Å²) in [5, 5.41) is 9.01. The highest BCUT2D eigenvalue weighted by molar-refractivity contribution is 5.87. The molecule has 0 aromatic carbocycles. The minimum atomic E-state index is -0.106. The highest BCUT2D eigenvalue weighted by Gasteiger charge is 2.23. The van der Waals surface area contributed by atoms with Gasteiger partial charge in [-0.05, 0) is 19.4 Å². The van der Waals surface area contributed by atoms with Crippen molar-refractivity contribution in [3.05, 3.63) is 0 Å². The molecule has 2 aliphatic rings. The third kappa shape index (κ3) is 3.41. The van der Waals surface area contributed by atoms with Crippen molar-refractivity contribution in [2.24, 2.45) is 0 Å². The molecule has 0 saturated carbocycles. The molecule has 2 amide bonds. The molecule has 2 rings (SSSR count). The van der Waals surface area contributed by atoms with E-state index in [1.54, 1.807) is 4.90 Å². The zero-order chi connectivity index (χ0) is 12.1. The van der Waals surface area contributed by atoms with Crippen LogP contribution in [0.1, 0.15) is 12.8 Å². The molecular weight excluding hydrogens is 220 g/mol. The number of rotatable bonds is 3. The van der Waals surface area contributed by atoms with Crippen molar-refractivity contribution in [1.29, 1.82) is 0 Å². The number of nitrogens with one attached hydrogen (secondary N) is 3. The van der Waals surface area contributed by atoms with Crippen molar-refractivity contribution in [3.63, 3.8) is 0 Å². The van der Waals surface area contributed by atoms with E-state index >= 15 is 0 Å². The zero-order valence-electron chi connectivity index (χ0n) is 10.00. The lowest BCUT2D eigenvalue weighted by Crippen LogP contribution is -2.51. The number of carbonyl (C=O) groups is 2. The predicted molar refractivity (Wildman–Crippen MR) is 63.5 cm³/mol. The van der Waals surface area contributed by atoms with Gasteiger partial charge in [-0.1, -0.05) is 0 Å². The molecule has 3 N–H and O–H groups in total. The van der Waals surface area contributed by atoms with E-state index in [4.69, 9.17) is 0 Å². The molecule has 6 nitrogen and oxygen atoms in total. The molecule has 0 radical (unpaired) electrons. The van der Waals surface area contributed by atoms with Gasteiger partial charge in [0.1, 0.15) is 0 Å². The highest BCUT2D eigenvalue weighted by atomic mass is 16.2. The highest BCUT2D eigenvalue weighted by Crippen LogP contribution is 2.04. The van der Waals surface area contributed by atoms with Crippen LogP contribution in [0.4, 0.5) is 0 Å². The lowest BCUT2D eigenvalue weighted by molar-refractivity contribution is -0.133. The second kappa shape index (κ2) is 5.97. The van der Waals surface area contributed by atoms with Crippen LogP contribution in [-0.2, 0) is 9.59 Å². The van der Waals surface area contributed by atoms with E-state index in [0.717, 1.165) is 45.6 Å². The third-order valence-corrected chi connectivity index (χ3v) is 3.26. The van der Waals surface area contributed by atoms with E-state index in [1.165, 1.54) is 0 Å². The van der Waals surface area contributed by atoms with Gasteiger partial charge < -0.3 is 20.9 Å². The number of carbonyl (C=O) groups excluding carboxylic acids is 2. The summed E-state index contributed by atoms with van der Waals surface area (Å²) in [5.41, 5.74) is 0. The van der Waals surface area contributed by atoms with Gasteiger partial charge in [-0.25, -0.2) is 0 Å². The van der Waals surface area contributed by atoms with Gasteiger partial charge in [0.2, 0.25) is 11.8 Å².